The minimum Gasteiger partial charge on any atom is -0.310 e. The SMILES string of the molecule is CC1(C)c2cc(-c3ccc(-c4ccc(-c5ccccc5)cc4)cc3)ccc2-c2ccc(N(c3ccc(-c4ccc5ccccc5c4)cc3)c3cc4ccccc4c4ccccc34)cc21. The fourth-order valence-corrected chi connectivity index (χ4v) is 10.2. The molecule has 0 bridgehead atoms. The fraction of sp³-hybridized carbons (Fsp3) is 0.0476. The first-order chi connectivity index (χ1) is 31.5. The van der Waals surface area contributed by atoms with Gasteiger partial charge in [0.25, 0.3) is 0 Å². The van der Waals surface area contributed by atoms with Gasteiger partial charge in [0.2, 0.25) is 0 Å². The zero-order valence-corrected chi connectivity index (χ0v) is 36.0. The van der Waals surface area contributed by atoms with E-state index in [0.29, 0.717) is 0 Å². The van der Waals surface area contributed by atoms with Crippen molar-refractivity contribution in [3.8, 4) is 55.6 Å². The molecule has 11 aromatic rings. The third kappa shape index (κ3) is 6.40. The number of fused-ring (bicyclic) bond motifs is 7. The van der Waals surface area contributed by atoms with Gasteiger partial charge in [-0.25, -0.2) is 0 Å². The van der Waals surface area contributed by atoms with Crippen LogP contribution in [0.25, 0.3) is 88.0 Å². The zero-order valence-electron chi connectivity index (χ0n) is 36.0. The Labute approximate surface area is 375 Å². The molecule has 0 heterocycles. The van der Waals surface area contributed by atoms with E-state index in [0.717, 1.165) is 11.4 Å². The maximum absolute atomic E-state index is 2.47. The van der Waals surface area contributed by atoms with Gasteiger partial charge in [-0.3, -0.25) is 0 Å². The molecule has 0 fully saturated rings. The molecule has 0 atom stereocenters. The maximum atomic E-state index is 2.47. The summed E-state index contributed by atoms with van der Waals surface area (Å²) in [4.78, 5) is 2.47. The van der Waals surface area contributed by atoms with Crippen LogP contribution in [0.2, 0.25) is 0 Å². The lowest BCUT2D eigenvalue weighted by Gasteiger charge is -2.29. The van der Waals surface area contributed by atoms with Crippen LogP contribution in [0.5, 0.6) is 0 Å². The van der Waals surface area contributed by atoms with Crippen molar-refractivity contribution in [2.75, 3.05) is 4.90 Å². The van der Waals surface area contributed by atoms with Crippen LogP contribution in [0.1, 0.15) is 25.0 Å². The highest BCUT2D eigenvalue weighted by molar-refractivity contribution is 6.14. The molecule has 11 aromatic carbocycles. The van der Waals surface area contributed by atoms with Crippen LogP contribution < -0.4 is 4.90 Å². The van der Waals surface area contributed by atoms with Gasteiger partial charge in [-0.15, -0.1) is 0 Å². The molecule has 0 amide bonds. The van der Waals surface area contributed by atoms with Gasteiger partial charge in [0.15, 0.2) is 0 Å². The minimum atomic E-state index is -0.214. The van der Waals surface area contributed by atoms with Crippen molar-refractivity contribution in [2.24, 2.45) is 0 Å². The second-order valence-corrected chi connectivity index (χ2v) is 17.7. The molecular weight excluding hydrogens is 771 g/mol. The largest absolute Gasteiger partial charge is 0.310 e. The quantitative estimate of drug-likeness (QED) is 0.145. The average molecular weight is 816 g/mol. The average Bonchev–Trinajstić information content (AvgIpc) is 3.59. The van der Waals surface area contributed by atoms with E-state index < -0.39 is 0 Å². The summed E-state index contributed by atoms with van der Waals surface area (Å²) in [7, 11) is 0. The van der Waals surface area contributed by atoms with Gasteiger partial charge in [0.05, 0.1) is 5.69 Å². The predicted molar refractivity (Wildman–Crippen MR) is 273 cm³/mol. The van der Waals surface area contributed by atoms with E-state index in [9.17, 15) is 0 Å². The normalized spacial score (nSPS) is 12.7. The van der Waals surface area contributed by atoms with Crippen molar-refractivity contribution >= 4 is 49.4 Å². The first kappa shape index (κ1) is 37.7. The summed E-state index contributed by atoms with van der Waals surface area (Å²) >= 11 is 0. The lowest BCUT2D eigenvalue weighted by molar-refractivity contribution is 0.660. The summed E-state index contributed by atoms with van der Waals surface area (Å²) in [6.07, 6.45) is 0. The molecule has 1 aliphatic rings. The van der Waals surface area contributed by atoms with E-state index in [4.69, 9.17) is 0 Å². The topological polar surface area (TPSA) is 3.24 Å². The lowest BCUT2D eigenvalue weighted by Crippen LogP contribution is -2.17. The molecular formula is C63H45N. The number of hydrogen-bond donors (Lipinski definition) is 0. The van der Waals surface area contributed by atoms with E-state index in [-0.39, 0.29) is 5.41 Å². The summed E-state index contributed by atoms with van der Waals surface area (Å²) in [5.41, 5.74) is 18.3. The summed E-state index contributed by atoms with van der Waals surface area (Å²) in [6, 6.07) is 87.2. The molecule has 0 aromatic heterocycles. The van der Waals surface area contributed by atoms with Gasteiger partial charge in [-0.2, -0.15) is 0 Å². The molecule has 1 heteroatoms. The second kappa shape index (κ2) is 15.1. The monoisotopic (exact) mass is 815 g/mol. The van der Waals surface area contributed by atoms with Crippen molar-refractivity contribution in [3.63, 3.8) is 0 Å². The van der Waals surface area contributed by atoms with Crippen molar-refractivity contribution in [1.29, 1.82) is 0 Å². The molecule has 0 unspecified atom stereocenters. The van der Waals surface area contributed by atoms with Crippen molar-refractivity contribution in [3.05, 3.63) is 248 Å². The highest BCUT2D eigenvalue weighted by Crippen LogP contribution is 2.52. The third-order valence-corrected chi connectivity index (χ3v) is 13.7. The highest BCUT2D eigenvalue weighted by Gasteiger charge is 2.36. The molecule has 0 saturated carbocycles. The van der Waals surface area contributed by atoms with Crippen molar-refractivity contribution < 1.29 is 0 Å². The standard InChI is InChI=1S/C63H45N/c1-63(2)60-39-51(47-26-24-46(25-27-47)45-22-20-44(21-23-45)42-12-4-3-5-13-42)32-36-57(60)58-37-35-54(41-61(58)63)64(62-40-52-16-8-9-17-55(52)56-18-10-11-19-59(56)62)53-33-30-48(31-34-53)50-29-28-43-14-6-7-15-49(43)38-50/h3-41H,1-2H3. The van der Waals surface area contributed by atoms with Crippen molar-refractivity contribution in [2.45, 2.75) is 19.3 Å². The van der Waals surface area contributed by atoms with Gasteiger partial charge in [-0.1, -0.05) is 208 Å². The van der Waals surface area contributed by atoms with E-state index in [1.165, 1.54) is 105 Å². The van der Waals surface area contributed by atoms with Crippen LogP contribution in [0.15, 0.2) is 237 Å². The Morgan fingerprint density at radius 1 is 0.281 bits per heavy atom. The summed E-state index contributed by atoms with van der Waals surface area (Å²) < 4.78 is 0. The molecule has 302 valence electrons. The smallest absolute Gasteiger partial charge is 0.0546 e. The van der Waals surface area contributed by atoms with Crippen LogP contribution in [0.3, 0.4) is 0 Å². The van der Waals surface area contributed by atoms with Gasteiger partial charge in [-0.05, 0) is 136 Å². The highest BCUT2D eigenvalue weighted by atomic mass is 15.1. The Balaban J connectivity index is 0.917. The molecule has 64 heavy (non-hydrogen) atoms. The Hall–Kier alpha value is -8.00. The van der Waals surface area contributed by atoms with Crippen LogP contribution in [-0.4, -0.2) is 0 Å². The Bertz CT molecular complexity index is 3540. The van der Waals surface area contributed by atoms with Gasteiger partial charge < -0.3 is 4.90 Å². The molecule has 1 aliphatic carbocycles. The zero-order chi connectivity index (χ0) is 42.8. The molecule has 0 spiro atoms. The van der Waals surface area contributed by atoms with E-state index in [2.05, 4.69) is 255 Å². The Kier molecular flexibility index (Phi) is 8.91. The van der Waals surface area contributed by atoms with Gasteiger partial charge in [0, 0.05) is 22.2 Å². The molecule has 0 N–H and O–H groups in total. The van der Waals surface area contributed by atoms with Crippen LogP contribution in [-0.2, 0) is 5.41 Å². The first-order valence-corrected chi connectivity index (χ1v) is 22.3. The van der Waals surface area contributed by atoms with Gasteiger partial charge in [0.1, 0.15) is 0 Å². The van der Waals surface area contributed by atoms with E-state index in [1.807, 2.05) is 0 Å². The van der Waals surface area contributed by atoms with E-state index in [1.54, 1.807) is 0 Å². The molecule has 0 aliphatic heterocycles. The Morgan fingerprint density at radius 2 is 0.719 bits per heavy atom. The molecule has 0 saturated heterocycles. The minimum absolute atomic E-state index is 0.214. The number of rotatable bonds is 7. The second-order valence-electron chi connectivity index (χ2n) is 17.7. The number of hydrogen-bond acceptors (Lipinski definition) is 1. The van der Waals surface area contributed by atoms with Crippen LogP contribution in [0.4, 0.5) is 17.1 Å². The van der Waals surface area contributed by atoms with Gasteiger partial charge >= 0.3 is 0 Å². The molecule has 12 rings (SSSR count). The van der Waals surface area contributed by atoms with E-state index >= 15 is 0 Å². The first-order valence-electron chi connectivity index (χ1n) is 22.3. The number of benzene rings is 11. The van der Waals surface area contributed by atoms with Crippen molar-refractivity contribution in [1.82, 2.24) is 0 Å². The van der Waals surface area contributed by atoms with Crippen LogP contribution >= 0.6 is 0 Å². The fourth-order valence-electron chi connectivity index (χ4n) is 10.2. The number of nitrogens with zero attached hydrogens (tertiary/aromatic N) is 1. The Morgan fingerprint density at radius 3 is 1.39 bits per heavy atom. The summed E-state index contributed by atoms with van der Waals surface area (Å²) in [5.74, 6) is 0. The van der Waals surface area contributed by atoms with Crippen LogP contribution in [0, 0.1) is 0 Å². The lowest BCUT2D eigenvalue weighted by atomic mass is 9.81. The third-order valence-electron chi connectivity index (χ3n) is 13.7. The summed E-state index contributed by atoms with van der Waals surface area (Å²) in [6.45, 7) is 4.78. The summed E-state index contributed by atoms with van der Waals surface area (Å²) in [5, 5.41) is 7.48. The number of anilines is 3. The maximum Gasteiger partial charge on any atom is 0.0546 e. The molecule has 0 radical (unpaired) electrons. The molecule has 1 nitrogen and oxygen atoms in total. The predicted octanol–water partition coefficient (Wildman–Crippen LogP) is 17.6.